The highest BCUT2D eigenvalue weighted by atomic mass is 32.2. The number of nitrogens with zero attached hydrogens (tertiary/aromatic N) is 2. The molecule has 6 nitrogen and oxygen atoms in total. The predicted molar refractivity (Wildman–Crippen MR) is 119 cm³/mol. The van der Waals surface area contributed by atoms with Gasteiger partial charge in [-0.1, -0.05) is 24.3 Å². The summed E-state index contributed by atoms with van der Waals surface area (Å²) >= 11 is 0. The summed E-state index contributed by atoms with van der Waals surface area (Å²) in [5, 5.41) is 0. The molecule has 0 bridgehead atoms. The van der Waals surface area contributed by atoms with Gasteiger partial charge in [0.1, 0.15) is 18.1 Å². The van der Waals surface area contributed by atoms with Crippen molar-refractivity contribution in [1.29, 1.82) is 0 Å². The fraction of sp³-hybridized carbons (Fsp3) is 0.208. The van der Waals surface area contributed by atoms with E-state index < -0.39 is 15.8 Å². The maximum Gasteiger partial charge on any atom is 0.264 e. The molecule has 32 heavy (non-hydrogen) atoms. The lowest BCUT2D eigenvalue weighted by molar-refractivity contribution is -0.130. The van der Waals surface area contributed by atoms with Crippen LogP contribution in [0.1, 0.15) is 11.1 Å². The normalized spacial score (nSPS) is 13.4. The Balaban J connectivity index is 1.64. The van der Waals surface area contributed by atoms with E-state index in [9.17, 15) is 17.6 Å². The lowest BCUT2D eigenvalue weighted by Crippen LogP contribution is -2.44. The van der Waals surface area contributed by atoms with Gasteiger partial charge in [-0.05, 0) is 66.1 Å². The van der Waals surface area contributed by atoms with Crippen molar-refractivity contribution in [3.63, 3.8) is 0 Å². The topological polar surface area (TPSA) is 66.9 Å². The van der Waals surface area contributed by atoms with Gasteiger partial charge in [-0.3, -0.25) is 9.10 Å². The Labute approximate surface area is 186 Å². The summed E-state index contributed by atoms with van der Waals surface area (Å²) in [6, 6.07) is 18.9. The van der Waals surface area contributed by atoms with Gasteiger partial charge >= 0.3 is 0 Å². The molecule has 1 heterocycles. The summed E-state index contributed by atoms with van der Waals surface area (Å²) in [4.78, 5) is 14.8. The van der Waals surface area contributed by atoms with Crippen molar-refractivity contribution in [1.82, 2.24) is 4.90 Å². The quantitative estimate of drug-likeness (QED) is 0.571. The Kier molecular flexibility index (Phi) is 6.14. The van der Waals surface area contributed by atoms with Gasteiger partial charge in [0.2, 0.25) is 5.91 Å². The first-order valence-corrected chi connectivity index (χ1v) is 11.6. The van der Waals surface area contributed by atoms with E-state index in [1.807, 2.05) is 24.3 Å². The molecule has 3 aromatic rings. The molecule has 0 unspecified atom stereocenters. The van der Waals surface area contributed by atoms with E-state index in [0.29, 0.717) is 24.5 Å². The molecular formula is C24H23FN2O4S. The minimum Gasteiger partial charge on any atom is -0.497 e. The van der Waals surface area contributed by atoms with Crippen LogP contribution in [0.25, 0.3) is 0 Å². The van der Waals surface area contributed by atoms with Crippen molar-refractivity contribution in [3.05, 3.63) is 89.7 Å². The zero-order valence-corrected chi connectivity index (χ0v) is 18.4. The highest BCUT2D eigenvalue weighted by Gasteiger charge is 2.30. The second-order valence-electron chi connectivity index (χ2n) is 7.50. The van der Waals surface area contributed by atoms with Crippen LogP contribution in [-0.2, 0) is 27.8 Å². The molecule has 0 N–H and O–H groups in total. The lowest BCUT2D eigenvalue weighted by Gasteiger charge is -2.31. The summed E-state index contributed by atoms with van der Waals surface area (Å²) in [7, 11) is -2.59. The number of methoxy groups -OCH3 is 1. The Bertz CT molecular complexity index is 1210. The van der Waals surface area contributed by atoms with Crippen LogP contribution in [0.15, 0.2) is 77.7 Å². The molecule has 4 rings (SSSR count). The number of rotatable bonds is 6. The van der Waals surface area contributed by atoms with E-state index >= 15 is 0 Å². The Hall–Kier alpha value is -3.39. The van der Waals surface area contributed by atoms with Crippen LogP contribution in [0.5, 0.6) is 5.75 Å². The maximum absolute atomic E-state index is 13.4. The van der Waals surface area contributed by atoms with Crippen LogP contribution >= 0.6 is 0 Å². The number of carbonyl (C=O) groups is 1. The Morgan fingerprint density at radius 2 is 1.66 bits per heavy atom. The third-order valence-electron chi connectivity index (χ3n) is 5.52. The second-order valence-corrected chi connectivity index (χ2v) is 9.36. The third kappa shape index (κ3) is 4.45. The van der Waals surface area contributed by atoms with Gasteiger partial charge in [-0.15, -0.1) is 0 Å². The average molecular weight is 455 g/mol. The number of anilines is 1. The number of halogens is 1. The Morgan fingerprint density at radius 1 is 1.00 bits per heavy atom. The van der Waals surface area contributed by atoms with Crippen molar-refractivity contribution in [3.8, 4) is 5.75 Å². The number of hydrogen-bond donors (Lipinski definition) is 0. The van der Waals surface area contributed by atoms with Gasteiger partial charge in [-0.25, -0.2) is 12.8 Å². The highest BCUT2D eigenvalue weighted by Crippen LogP contribution is 2.27. The molecule has 0 atom stereocenters. The zero-order valence-electron chi connectivity index (χ0n) is 17.6. The van der Waals surface area contributed by atoms with Crippen molar-refractivity contribution in [2.75, 3.05) is 24.5 Å². The highest BCUT2D eigenvalue weighted by molar-refractivity contribution is 7.92. The first-order chi connectivity index (χ1) is 15.4. The fourth-order valence-electron chi connectivity index (χ4n) is 3.73. The molecule has 0 aromatic heterocycles. The van der Waals surface area contributed by atoms with Crippen LogP contribution in [-0.4, -0.2) is 39.4 Å². The zero-order chi connectivity index (χ0) is 22.7. The van der Waals surface area contributed by atoms with Gasteiger partial charge in [-0.2, -0.15) is 0 Å². The molecule has 0 spiro atoms. The van der Waals surface area contributed by atoms with E-state index in [0.717, 1.165) is 28.4 Å². The van der Waals surface area contributed by atoms with E-state index in [1.165, 1.54) is 24.8 Å². The number of hydrogen-bond acceptors (Lipinski definition) is 4. The molecular weight excluding hydrogens is 431 g/mol. The second kappa shape index (κ2) is 9.00. The van der Waals surface area contributed by atoms with Crippen LogP contribution in [0, 0.1) is 5.82 Å². The molecule has 0 saturated heterocycles. The minimum atomic E-state index is -4.11. The molecule has 0 saturated carbocycles. The standard InChI is InChI=1S/C24H23FN2O4S/c1-31-22-10-8-21(9-11-22)27(32(29,30)23-12-6-20(25)7-13-23)17-24(28)26-15-14-18-4-2-3-5-19(18)16-26/h2-13H,14-17H2,1H3. The van der Waals surface area contributed by atoms with Crippen LogP contribution in [0.2, 0.25) is 0 Å². The van der Waals surface area contributed by atoms with Gasteiger partial charge in [0.15, 0.2) is 0 Å². The SMILES string of the molecule is COc1ccc(N(CC(=O)N2CCc3ccccc3C2)S(=O)(=O)c2ccc(F)cc2)cc1. The van der Waals surface area contributed by atoms with E-state index in [4.69, 9.17) is 4.74 Å². The molecule has 1 aliphatic heterocycles. The maximum atomic E-state index is 13.4. The third-order valence-corrected chi connectivity index (χ3v) is 7.31. The lowest BCUT2D eigenvalue weighted by atomic mass is 10.00. The Morgan fingerprint density at radius 3 is 2.31 bits per heavy atom. The molecule has 0 radical (unpaired) electrons. The molecule has 8 heteroatoms. The summed E-state index contributed by atoms with van der Waals surface area (Å²) in [6.45, 7) is 0.582. The van der Waals surface area contributed by atoms with E-state index in [2.05, 4.69) is 0 Å². The number of benzene rings is 3. The van der Waals surface area contributed by atoms with Gasteiger partial charge in [0.05, 0.1) is 17.7 Å². The van der Waals surface area contributed by atoms with Gasteiger partial charge in [0.25, 0.3) is 10.0 Å². The molecule has 3 aromatic carbocycles. The first kappa shape index (κ1) is 21.8. The monoisotopic (exact) mass is 454 g/mol. The summed E-state index contributed by atoms with van der Waals surface area (Å²) in [5.41, 5.74) is 2.58. The van der Waals surface area contributed by atoms with Crippen molar-refractivity contribution >= 4 is 21.6 Å². The van der Waals surface area contributed by atoms with E-state index in [1.54, 1.807) is 29.2 Å². The average Bonchev–Trinajstić information content (AvgIpc) is 2.82. The number of ether oxygens (including phenoxy) is 1. The summed E-state index contributed by atoms with van der Waals surface area (Å²) in [6.07, 6.45) is 0.717. The molecule has 1 aliphatic rings. The summed E-state index contributed by atoms with van der Waals surface area (Å²) in [5.74, 6) is -0.282. The van der Waals surface area contributed by atoms with Gasteiger partial charge in [0, 0.05) is 13.1 Å². The van der Waals surface area contributed by atoms with E-state index in [-0.39, 0.29) is 17.3 Å². The molecule has 1 amide bonds. The predicted octanol–water partition coefficient (Wildman–Crippen LogP) is 3.61. The smallest absolute Gasteiger partial charge is 0.264 e. The largest absolute Gasteiger partial charge is 0.497 e. The molecule has 166 valence electrons. The number of sulfonamides is 1. The minimum absolute atomic E-state index is 0.0912. The molecule has 0 aliphatic carbocycles. The number of fused-ring (bicyclic) bond motifs is 1. The number of amides is 1. The van der Waals surface area contributed by atoms with Crippen LogP contribution in [0.4, 0.5) is 10.1 Å². The van der Waals surface area contributed by atoms with Crippen LogP contribution < -0.4 is 9.04 Å². The van der Waals surface area contributed by atoms with Crippen molar-refractivity contribution in [2.45, 2.75) is 17.9 Å². The fourth-order valence-corrected chi connectivity index (χ4v) is 5.14. The molecule has 0 fully saturated rings. The van der Waals surface area contributed by atoms with Crippen molar-refractivity contribution in [2.24, 2.45) is 0 Å². The van der Waals surface area contributed by atoms with Crippen LogP contribution in [0.3, 0.4) is 0 Å². The van der Waals surface area contributed by atoms with Crippen molar-refractivity contribution < 1.29 is 22.3 Å². The first-order valence-electron chi connectivity index (χ1n) is 10.2. The van der Waals surface area contributed by atoms with Gasteiger partial charge < -0.3 is 9.64 Å². The summed E-state index contributed by atoms with van der Waals surface area (Å²) < 4.78 is 46.4. The number of carbonyl (C=O) groups excluding carboxylic acids is 1.